The van der Waals surface area contributed by atoms with Crippen LogP contribution in [0.2, 0.25) is 0 Å². The summed E-state index contributed by atoms with van der Waals surface area (Å²) in [6, 6.07) is 0. The van der Waals surface area contributed by atoms with E-state index in [9.17, 15) is 8.42 Å². The van der Waals surface area contributed by atoms with E-state index in [4.69, 9.17) is 4.84 Å². The van der Waals surface area contributed by atoms with Gasteiger partial charge in [-0.1, -0.05) is 12.1 Å². The molecule has 1 saturated heterocycles. The molecule has 1 unspecified atom stereocenters. The first kappa shape index (κ1) is 10.5. The first-order chi connectivity index (χ1) is 6.03. The highest BCUT2D eigenvalue weighted by Gasteiger charge is 2.24. The van der Waals surface area contributed by atoms with Gasteiger partial charge in [-0.2, -0.15) is 0 Å². The van der Waals surface area contributed by atoms with Crippen molar-refractivity contribution in [2.45, 2.75) is 32.8 Å². The van der Waals surface area contributed by atoms with Crippen molar-refractivity contribution in [1.82, 2.24) is 0 Å². The van der Waals surface area contributed by atoms with E-state index >= 15 is 0 Å². The molecule has 0 N–H and O–H groups in total. The quantitative estimate of drug-likeness (QED) is 0.645. The van der Waals surface area contributed by atoms with Crippen molar-refractivity contribution >= 4 is 15.5 Å². The maximum Gasteiger partial charge on any atom is 0.156 e. The summed E-state index contributed by atoms with van der Waals surface area (Å²) in [6.07, 6.45) is 1.47. The largest absolute Gasteiger partial charge is 0.393 e. The predicted molar refractivity (Wildman–Crippen MR) is 51.5 cm³/mol. The van der Waals surface area contributed by atoms with Crippen LogP contribution in [0.1, 0.15) is 26.7 Å². The lowest BCUT2D eigenvalue weighted by molar-refractivity contribution is 0.0695. The monoisotopic (exact) mass is 205 g/mol. The van der Waals surface area contributed by atoms with E-state index in [1.807, 2.05) is 13.8 Å². The van der Waals surface area contributed by atoms with Crippen LogP contribution in [0.25, 0.3) is 0 Å². The van der Waals surface area contributed by atoms with Crippen molar-refractivity contribution in [2.24, 2.45) is 5.16 Å². The molecule has 0 aromatic rings. The van der Waals surface area contributed by atoms with Crippen molar-refractivity contribution in [2.75, 3.05) is 11.5 Å². The van der Waals surface area contributed by atoms with E-state index < -0.39 is 9.84 Å². The molecule has 0 aromatic carbocycles. The Morgan fingerprint density at radius 2 is 2.31 bits per heavy atom. The molecule has 1 atom stereocenters. The molecule has 13 heavy (non-hydrogen) atoms. The van der Waals surface area contributed by atoms with E-state index in [0.717, 1.165) is 6.42 Å². The second kappa shape index (κ2) is 4.09. The lowest BCUT2D eigenvalue weighted by atomic mass is 10.3. The van der Waals surface area contributed by atoms with Crippen molar-refractivity contribution in [3.05, 3.63) is 0 Å². The molecule has 1 heterocycles. The number of hydrogen-bond acceptors (Lipinski definition) is 4. The number of nitrogens with zero attached hydrogens (tertiary/aromatic N) is 1. The molecule has 0 spiro atoms. The minimum atomic E-state index is -2.86. The van der Waals surface area contributed by atoms with Gasteiger partial charge in [0, 0.05) is 6.42 Å². The number of sulfone groups is 1. The van der Waals surface area contributed by atoms with Crippen LogP contribution >= 0.6 is 0 Å². The zero-order valence-corrected chi connectivity index (χ0v) is 8.80. The number of oxime groups is 1. The van der Waals surface area contributed by atoms with Crippen LogP contribution in [0.15, 0.2) is 5.16 Å². The summed E-state index contributed by atoms with van der Waals surface area (Å²) in [5, 5.41) is 3.83. The van der Waals surface area contributed by atoms with Crippen LogP contribution in [0.4, 0.5) is 0 Å². The minimum absolute atomic E-state index is 0.0656. The van der Waals surface area contributed by atoms with Crippen LogP contribution in [0.5, 0.6) is 0 Å². The fourth-order valence-electron chi connectivity index (χ4n) is 0.983. The van der Waals surface area contributed by atoms with Gasteiger partial charge in [-0.05, 0) is 13.3 Å². The van der Waals surface area contributed by atoms with Gasteiger partial charge >= 0.3 is 0 Å². The summed E-state index contributed by atoms with van der Waals surface area (Å²) in [6.45, 7) is 3.91. The van der Waals surface area contributed by atoms with Gasteiger partial charge in [-0.15, -0.1) is 0 Å². The minimum Gasteiger partial charge on any atom is -0.393 e. The second-order valence-electron chi connectivity index (χ2n) is 3.32. The topological polar surface area (TPSA) is 55.7 Å². The van der Waals surface area contributed by atoms with Gasteiger partial charge in [0.05, 0.1) is 17.2 Å². The van der Waals surface area contributed by atoms with Gasteiger partial charge in [0.25, 0.3) is 0 Å². The van der Waals surface area contributed by atoms with E-state index in [2.05, 4.69) is 5.16 Å². The van der Waals surface area contributed by atoms with Crippen LogP contribution in [0.3, 0.4) is 0 Å². The van der Waals surface area contributed by atoms with E-state index in [1.54, 1.807) is 0 Å². The fraction of sp³-hybridized carbons (Fsp3) is 0.875. The zero-order valence-electron chi connectivity index (χ0n) is 7.99. The molecule has 5 heteroatoms. The Morgan fingerprint density at radius 1 is 1.62 bits per heavy atom. The van der Waals surface area contributed by atoms with Gasteiger partial charge in [-0.3, -0.25) is 0 Å². The maximum absolute atomic E-state index is 11.0. The highest BCUT2D eigenvalue weighted by molar-refractivity contribution is 7.92. The Morgan fingerprint density at radius 3 is 2.77 bits per heavy atom. The molecule has 0 saturated carbocycles. The number of rotatable bonds is 3. The molecule has 0 bridgehead atoms. The lowest BCUT2D eigenvalue weighted by Gasteiger charge is -2.05. The molecular formula is C8H15NO3S. The first-order valence-corrected chi connectivity index (χ1v) is 6.27. The summed E-state index contributed by atoms with van der Waals surface area (Å²) in [5.74, 6) is 0.291. The van der Waals surface area contributed by atoms with Crippen LogP contribution < -0.4 is 0 Å². The van der Waals surface area contributed by atoms with E-state index in [0.29, 0.717) is 12.1 Å². The molecule has 4 nitrogen and oxygen atoms in total. The lowest BCUT2D eigenvalue weighted by Crippen LogP contribution is -2.07. The van der Waals surface area contributed by atoms with Crippen LogP contribution in [-0.4, -0.2) is 31.7 Å². The zero-order chi connectivity index (χ0) is 9.90. The summed E-state index contributed by atoms with van der Waals surface area (Å²) >= 11 is 0. The molecule has 1 rings (SSSR count). The predicted octanol–water partition coefficient (Wildman–Crippen LogP) is 0.976. The average Bonchev–Trinajstić information content (AvgIpc) is 2.41. The molecule has 0 aliphatic carbocycles. The van der Waals surface area contributed by atoms with E-state index in [-0.39, 0.29) is 17.6 Å². The normalized spacial score (nSPS) is 26.2. The van der Waals surface area contributed by atoms with Crippen LogP contribution in [0, 0.1) is 0 Å². The molecule has 0 aromatic heterocycles. The standard InChI is InChI=1S/C8H15NO3S/c1-3-7(2)12-9-8-4-5-13(10,11)6-8/h7H,3-6H2,1-2H3/b9-8+. The van der Waals surface area contributed by atoms with Gasteiger partial charge in [-0.25, -0.2) is 8.42 Å². The Bertz CT molecular complexity index is 295. The second-order valence-corrected chi connectivity index (χ2v) is 5.51. The van der Waals surface area contributed by atoms with Crippen molar-refractivity contribution in [3.8, 4) is 0 Å². The van der Waals surface area contributed by atoms with Crippen LogP contribution in [-0.2, 0) is 14.7 Å². The third-order valence-corrected chi connectivity index (χ3v) is 3.62. The molecule has 0 radical (unpaired) electrons. The fourth-order valence-corrected chi connectivity index (χ4v) is 2.38. The Hall–Kier alpha value is -0.580. The molecule has 0 amide bonds. The van der Waals surface area contributed by atoms with Gasteiger partial charge in [0.2, 0.25) is 0 Å². The number of hydrogen-bond donors (Lipinski definition) is 0. The smallest absolute Gasteiger partial charge is 0.156 e. The molecule has 1 aliphatic rings. The third-order valence-electron chi connectivity index (χ3n) is 2.02. The summed E-state index contributed by atoms with van der Waals surface area (Å²) in [5.41, 5.74) is 0.653. The molecule has 76 valence electrons. The summed E-state index contributed by atoms with van der Waals surface area (Å²) < 4.78 is 22.0. The van der Waals surface area contributed by atoms with Gasteiger partial charge in [0.1, 0.15) is 6.10 Å². The van der Waals surface area contributed by atoms with Crippen molar-refractivity contribution in [3.63, 3.8) is 0 Å². The average molecular weight is 205 g/mol. The molecular weight excluding hydrogens is 190 g/mol. The Kier molecular flexibility index (Phi) is 3.30. The Labute approximate surface area is 78.9 Å². The summed E-state index contributed by atoms with van der Waals surface area (Å²) in [4.78, 5) is 5.09. The molecule has 1 aliphatic heterocycles. The Balaban J connectivity index is 2.47. The highest BCUT2D eigenvalue weighted by atomic mass is 32.2. The highest BCUT2D eigenvalue weighted by Crippen LogP contribution is 2.09. The first-order valence-electron chi connectivity index (χ1n) is 4.45. The summed E-state index contributed by atoms with van der Waals surface area (Å²) in [7, 11) is -2.86. The maximum atomic E-state index is 11.0. The SMILES string of the molecule is CCC(C)O/N=C1\CCS(=O)(=O)C1. The molecule has 1 fully saturated rings. The van der Waals surface area contributed by atoms with Gasteiger partial charge < -0.3 is 4.84 Å². The van der Waals surface area contributed by atoms with Gasteiger partial charge in [0.15, 0.2) is 9.84 Å². The van der Waals surface area contributed by atoms with Crippen molar-refractivity contribution in [1.29, 1.82) is 0 Å². The third kappa shape index (κ3) is 3.34. The van der Waals surface area contributed by atoms with Crippen molar-refractivity contribution < 1.29 is 13.3 Å². The van der Waals surface area contributed by atoms with E-state index in [1.165, 1.54) is 0 Å².